The minimum atomic E-state index is -0.0695. The Morgan fingerprint density at radius 2 is 1.09 bits per heavy atom. The fraction of sp³-hybridized carbons (Fsp3) is 0.222. The largest absolute Gasteiger partial charge is 0.697 e. The van der Waals surface area contributed by atoms with E-state index in [2.05, 4.69) is 32.1 Å². The minimum Gasteiger partial charge on any atom is -0.697 e. The molecule has 0 saturated carbocycles. The molecule has 4 aromatic heterocycles. The van der Waals surface area contributed by atoms with E-state index in [9.17, 15) is 0 Å². The van der Waals surface area contributed by atoms with Gasteiger partial charge in [-0.1, -0.05) is 73.5 Å². The van der Waals surface area contributed by atoms with Crippen LogP contribution in [0, 0.1) is 88.1 Å². The normalized spacial score (nSPS) is 15.8. The van der Waals surface area contributed by atoms with Crippen molar-refractivity contribution in [1.29, 1.82) is 0 Å². The monoisotopic (exact) mass is 1040 g/mol. The predicted molar refractivity (Wildman–Crippen MR) is 180 cm³/mol. The molecule has 46 heavy (non-hydrogen) atoms. The van der Waals surface area contributed by atoms with Crippen molar-refractivity contribution in [1.82, 2.24) is 19.9 Å². The van der Waals surface area contributed by atoms with E-state index in [1.807, 2.05) is 72.9 Å². The average Bonchev–Trinajstić information content (AvgIpc) is 3.07. The molecule has 10 heteroatoms. The Labute approximate surface area is 342 Å². The first-order valence-electron chi connectivity index (χ1n) is 15.0. The van der Waals surface area contributed by atoms with Crippen molar-refractivity contribution in [2.75, 3.05) is 5.73 Å². The van der Waals surface area contributed by atoms with Crippen molar-refractivity contribution in [3.63, 3.8) is 0 Å². The first-order chi connectivity index (χ1) is 21.5. The van der Waals surface area contributed by atoms with Crippen molar-refractivity contribution < 1.29 is 88.1 Å². The van der Waals surface area contributed by atoms with Gasteiger partial charge in [-0.25, -0.2) is 0 Å². The second-order valence-corrected chi connectivity index (χ2v) is 10.8. The van der Waals surface area contributed by atoms with Crippen molar-refractivity contribution in [3.05, 3.63) is 144 Å². The van der Waals surface area contributed by atoms with Crippen LogP contribution in [-0.4, -0.2) is 19.9 Å². The van der Waals surface area contributed by atoms with Gasteiger partial charge in [-0.05, 0) is 72.5 Å². The number of nitrogens with one attached hydrogen (secondary N) is 2. The van der Waals surface area contributed by atoms with Gasteiger partial charge in [0.2, 0.25) is 0 Å². The van der Waals surface area contributed by atoms with Crippen molar-refractivity contribution in [2.24, 2.45) is 5.73 Å². The molecule has 2 aliphatic rings. The number of hydrogen-bond donors (Lipinski definition) is 2. The van der Waals surface area contributed by atoms with Crippen LogP contribution in [0.5, 0.6) is 0 Å². The molecule has 2 aliphatic carbocycles. The predicted octanol–water partition coefficient (Wildman–Crippen LogP) is 8.66. The summed E-state index contributed by atoms with van der Waals surface area (Å²) in [5.74, 6) is 0. The molecule has 0 fully saturated rings. The van der Waals surface area contributed by atoms with Gasteiger partial charge in [0.1, 0.15) is 0 Å². The number of nitrogens with two attached hydrogens (primary N) is 2. The van der Waals surface area contributed by atoms with E-state index in [1.54, 1.807) is 24.7 Å². The Kier molecular flexibility index (Phi) is 16.5. The summed E-state index contributed by atoms with van der Waals surface area (Å²) < 4.78 is 0. The number of nitrogen functional groups attached to an aromatic ring is 1. The molecule has 0 spiro atoms. The molecule has 4 heterocycles. The molecule has 230 valence electrons. The average molecular weight is 1040 g/mol. The van der Waals surface area contributed by atoms with E-state index in [4.69, 9.17) is 22.9 Å². The van der Waals surface area contributed by atoms with Crippen LogP contribution in [0.15, 0.2) is 110 Å². The number of benzene rings is 2. The number of anilines is 1. The summed E-state index contributed by atoms with van der Waals surface area (Å²) in [6.07, 6.45) is 13.7. The Balaban J connectivity index is 0.000000165. The molecule has 2 unspecified atom stereocenters. The number of pyridine rings is 4. The summed E-state index contributed by atoms with van der Waals surface area (Å²) in [7, 11) is 0. The zero-order valence-corrected chi connectivity index (χ0v) is 35.4. The summed E-state index contributed by atoms with van der Waals surface area (Å²) >= 11 is 0. The Morgan fingerprint density at radius 1 is 0.587 bits per heavy atom. The van der Waals surface area contributed by atoms with Gasteiger partial charge in [-0.15, -0.1) is 5.69 Å². The molecule has 8 nitrogen and oxygen atoms in total. The van der Waals surface area contributed by atoms with Crippen molar-refractivity contribution >= 4 is 33.2 Å². The van der Waals surface area contributed by atoms with Gasteiger partial charge in [0.05, 0.1) is 22.4 Å². The van der Waals surface area contributed by atoms with Crippen LogP contribution in [0.3, 0.4) is 0 Å². The molecular weight excluding hydrogens is 998 g/mol. The number of para-hydroxylation sites is 2. The molecule has 8 rings (SSSR count). The second-order valence-electron chi connectivity index (χ2n) is 10.8. The van der Waals surface area contributed by atoms with Gasteiger partial charge in [0.15, 0.2) is 0 Å². The molecule has 6 aromatic rings. The smallest absolute Gasteiger partial charge is 0.0931 e. The van der Waals surface area contributed by atoms with Gasteiger partial charge < -0.3 is 22.9 Å². The van der Waals surface area contributed by atoms with Crippen LogP contribution in [-0.2, 0) is 12.8 Å². The van der Waals surface area contributed by atoms with Crippen molar-refractivity contribution in [2.45, 2.75) is 50.6 Å². The Bertz CT molecular complexity index is 1670. The Hall–Kier alpha value is -2.04. The van der Waals surface area contributed by atoms with E-state index in [-0.39, 0.29) is 100 Å². The molecule has 2 radical (unpaired) electrons. The molecule has 0 amide bonds. The number of aryl methyl sites for hydroxylation is 2. The number of hydrogen-bond acceptors (Lipinski definition) is 6. The summed E-state index contributed by atoms with van der Waals surface area (Å²) in [6, 6.07) is 27.4. The third-order valence-corrected chi connectivity index (χ3v) is 7.73. The first kappa shape index (κ1) is 38.4. The van der Waals surface area contributed by atoms with Crippen LogP contribution < -0.4 is 11.5 Å². The maximum absolute atomic E-state index is 7.69. The fourth-order valence-electron chi connectivity index (χ4n) is 5.49. The van der Waals surface area contributed by atoms with Gasteiger partial charge >= 0.3 is 0 Å². The maximum atomic E-state index is 7.69. The molecule has 0 bridgehead atoms. The minimum absolute atomic E-state index is 0. The van der Waals surface area contributed by atoms with Crippen LogP contribution in [0.4, 0.5) is 11.4 Å². The number of nitrogens with zero attached hydrogens (tertiary/aromatic N) is 4. The number of fused-ring (bicyclic) bond motifs is 4. The van der Waals surface area contributed by atoms with E-state index >= 15 is 0 Å². The summed E-state index contributed by atoms with van der Waals surface area (Å²) in [6.45, 7) is 0. The standard InChI is InChI=1S/C9H12N2.C9H11N2.C9H8N2.C9H7N2.2Ac/c4*10-8-5-1-3-7-4-2-6-11-9(7)8;;/h2,4,6,8H,1,3,5,10H2;2,4,6,8,10H,1,3,5H2;1-6H,10H2;1-6,10H;;/q;-1;;-1;;. The Morgan fingerprint density at radius 3 is 1.70 bits per heavy atom. The summed E-state index contributed by atoms with van der Waals surface area (Å²) in [5.41, 5.74) is 34.4. The maximum Gasteiger partial charge on any atom is 0.0931 e. The quantitative estimate of drug-likeness (QED) is 0.146. The summed E-state index contributed by atoms with van der Waals surface area (Å²) in [5, 5.41) is 2.12. The van der Waals surface area contributed by atoms with E-state index < -0.39 is 0 Å². The van der Waals surface area contributed by atoms with Gasteiger partial charge in [-0.2, -0.15) is 0 Å². The second kappa shape index (κ2) is 19.7. The molecule has 2 aromatic carbocycles. The molecule has 0 aliphatic heterocycles. The van der Waals surface area contributed by atoms with Crippen LogP contribution >= 0.6 is 0 Å². The third kappa shape index (κ3) is 10.5. The fourth-order valence-corrected chi connectivity index (χ4v) is 5.49. The molecule has 6 N–H and O–H groups in total. The van der Waals surface area contributed by atoms with E-state index in [0.717, 1.165) is 71.0 Å². The van der Waals surface area contributed by atoms with Gasteiger partial charge in [0, 0.05) is 130 Å². The number of aromatic nitrogens is 4. The van der Waals surface area contributed by atoms with Gasteiger partial charge in [0.25, 0.3) is 0 Å². The molecule has 0 saturated heterocycles. The molecular formula is C36H38Ac2N8-2. The number of rotatable bonds is 0. The topological polar surface area (TPSA) is 151 Å². The zero-order valence-electron chi connectivity index (χ0n) is 25.9. The van der Waals surface area contributed by atoms with E-state index in [0.29, 0.717) is 5.69 Å². The van der Waals surface area contributed by atoms with Crippen LogP contribution in [0.1, 0.15) is 60.3 Å². The molecule has 2 atom stereocenters. The van der Waals surface area contributed by atoms with Crippen LogP contribution in [0.2, 0.25) is 0 Å². The van der Waals surface area contributed by atoms with Crippen LogP contribution in [0.25, 0.3) is 33.3 Å². The van der Waals surface area contributed by atoms with Crippen molar-refractivity contribution in [3.8, 4) is 0 Å². The van der Waals surface area contributed by atoms with E-state index in [1.165, 1.54) is 17.5 Å². The SMILES string of the molecule is NC1CCCc2cccnc21.Nc1cccc2cccnc12.[Ac].[Ac].[NH-]C1CCCc2cccnc21.[NH-]c1cccc2cccnc12. The zero-order chi connectivity index (χ0) is 30.7. The first-order valence-corrected chi connectivity index (χ1v) is 15.0. The third-order valence-electron chi connectivity index (χ3n) is 7.73. The summed E-state index contributed by atoms with van der Waals surface area (Å²) in [4.78, 5) is 16.7. The van der Waals surface area contributed by atoms with Gasteiger partial charge in [-0.3, -0.25) is 19.9 Å².